The van der Waals surface area contributed by atoms with Crippen LogP contribution >= 0.6 is 0 Å². The zero-order valence-corrected chi connectivity index (χ0v) is 18.6. The number of pyridine rings is 1. The molecule has 0 N–H and O–H groups in total. The number of furan rings is 1. The molecule has 5 aromatic rings. The third kappa shape index (κ3) is 2.74. The van der Waals surface area contributed by atoms with Crippen LogP contribution in [0.25, 0.3) is 44.0 Å². The van der Waals surface area contributed by atoms with E-state index in [0.717, 1.165) is 40.7 Å². The van der Waals surface area contributed by atoms with Gasteiger partial charge in [-0.1, -0.05) is 58.0 Å². The summed E-state index contributed by atoms with van der Waals surface area (Å²) >= 11 is 0. The van der Waals surface area contributed by atoms with Crippen molar-refractivity contribution in [2.24, 2.45) is 10.8 Å². The van der Waals surface area contributed by atoms with Crippen molar-refractivity contribution in [1.82, 2.24) is 4.98 Å². The van der Waals surface area contributed by atoms with Gasteiger partial charge in [-0.15, -0.1) is 0 Å². The number of hydrogen-bond acceptors (Lipinski definition) is 2. The number of benzene rings is 3. The standard InChI is InChI=1S/C29H27NO/c1-28(2)16-20-12-23-24-15-22-19(10-11-30-27(22)18-8-6-5-7-9-18)13-25(24)31-26(23)14-21(20)17-29(28,3)4/h5-15H,16-17H2,1-4H3. The van der Waals surface area contributed by atoms with Gasteiger partial charge in [-0.25, -0.2) is 0 Å². The molecule has 0 radical (unpaired) electrons. The van der Waals surface area contributed by atoms with Crippen LogP contribution in [0, 0.1) is 10.8 Å². The average Bonchev–Trinajstić information content (AvgIpc) is 3.07. The van der Waals surface area contributed by atoms with Gasteiger partial charge in [0.1, 0.15) is 11.2 Å². The smallest absolute Gasteiger partial charge is 0.136 e. The Balaban J connectivity index is 1.62. The van der Waals surface area contributed by atoms with Crippen LogP contribution in [0.15, 0.2) is 71.3 Å². The van der Waals surface area contributed by atoms with Crippen molar-refractivity contribution >= 4 is 32.7 Å². The van der Waals surface area contributed by atoms with Crippen LogP contribution < -0.4 is 0 Å². The molecule has 6 rings (SSSR count). The molecule has 2 heterocycles. The molecule has 2 heteroatoms. The van der Waals surface area contributed by atoms with Gasteiger partial charge in [-0.05, 0) is 70.5 Å². The fraction of sp³-hybridized carbons (Fsp3) is 0.276. The van der Waals surface area contributed by atoms with Gasteiger partial charge in [0.05, 0.1) is 5.69 Å². The molecule has 2 nitrogen and oxygen atoms in total. The first-order valence-corrected chi connectivity index (χ1v) is 11.1. The molecule has 0 amide bonds. The lowest BCUT2D eigenvalue weighted by molar-refractivity contribution is 0.0967. The largest absolute Gasteiger partial charge is 0.456 e. The molecule has 31 heavy (non-hydrogen) atoms. The molecule has 0 saturated heterocycles. The van der Waals surface area contributed by atoms with Crippen LogP contribution in [0.2, 0.25) is 0 Å². The van der Waals surface area contributed by atoms with Crippen molar-refractivity contribution in [3.63, 3.8) is 0 Å². The van der Waals surface area contributed by atoms with Gasteiger partial charge in [0.25, 0.3) is 0 Å². The minimum Gasteiger partial charge on any atom is -0.456 e. The van der Waals surface area contributed by atoms with E-state index in [4.69, 9.17) is 9.40 Å². The zero-order chi connectivity index (χ0) is 21.4. The highest BCUT2D eigenvalue weighted by Gasteiger charge is 2.41. The Morgan fingerprint density at radius 2 is 1.35 bits per heavy atom. The summed E-state index contributed by atoms with van der Waals surface area (Å²) in [5.74, 6) is 0. The molecule has 1 aliphatic carbocycles. The Morgan fingerprint density at radius 1 is 0.710 bits per heavy atom. The summed E-state index contributed by atoms with van der Waals surface area (Å²) in [4.78, 5) is 4.72. The maximum Gasteiger partial charge on any atom is 0.136 e. The topological polar surface area (TPSA) is 26.0 Å². The fourth-order valence-corrected chi connectivity index (χ4v) is 5.16. The zero-order valence-electron chi connectivity index (χ0n) is 18.6. The summed E-state index contributed by atoms with van der Waals surface area (Å²) in [7, 11) is 0. The van der Waals surface area contributed by atoms with Gasteiger partial charge in [-0.3, -0.25) is 4.98 Å². The van der Waals surface area contributed by atoms with Gasteiger partial charge in [0.15, 0.2) is 0 Å². The predicted molar refractivity (Wildman–Crippen MR) is 129 cm³/mol. The third-order valence-electron chi connectivity index (χ3n) is 7.82. The van der Waals surface area contributed by atoms with Crippen LogP contribution in [-0.2, 0) is 12.8 Å². The molecule has 0 aliphatic heterocycles. The maximum absolute atomic E-state index is 6.37. The molecule has 0 unspecified atom stereocenters. The number of fused-ring (bicyclic) bond motifs is 5. The lowest BCUT2D eigenvalue weighted by Gasteiger charge is -2.46. The lowest BCUT2D eigenvalue weighted by Crippen LogP contribution is -2.40. The molecule has 1 aliphatic rings. The van der Waals surface area contributed by atoms with Crippen molar-refractivity contribution in [3.8, 4) is 11.3 Å². The van der Waals surface area contributed by atoms with Gasteiger partial charge in [0, 0.05) is 27.9 Å². The maximum atomic E-state index is 6.37. The van der Waals surface area contributed by atoms with Crippen LogP contribution in [0.4, 0.5) is 0 Å². The summed E-state index contributed by atoms with van der Waals surface area (Å²) in [5, 5.41) is 4.72. The summed E-state index contributed by atoms with van der Waals surface area (Å²) in [6.07, 6.45) is 4.08. The first-order chi connectivity index (χ1) is 14.8. The van der Waals surface area contributed by atoms with Crippen molar-refractivity contribution in [3.05, 3.63) is 78.0 Å². The Kier molecular flexibility index (Phi) is 3.72. The number of hydrogen-bond donors (Lipinski definition) is 0. The third-order valence-corrected chi connectivity index (χ3v) is 7.82. The molecule has 0 fully saturated rings. The van der Waals surface area contributed by atoms with E-state index in [0.29, 0.717) is 0 Å². The minimum absolute atomic E-state index is 0.268. The number of aromatic nitrogens is 1. The molecule has 2 aromatic heterocycles. The molecule has 0 bridgehead atoms. The van der Waals surface area contributed by atoms with Gasteiger partial charge >= 0.3 is 0 Å². The van der Waals surface area contributed by atoms with Crippen LogP contribution in [0.5, 0.6) is 0 Å². The Labute approximate surface area is 182 Å². The van der Waals surface area contributed by atoms with E-state index in [9.17, 15) is 0 Å². The molecule has 0 saturated carbocycles. The normalized spacial score (nSPS) is 17.3. The Bertz CT molecular complexity index is 1470. The fourth-order valence-electron chi connectivity index (χ4n) is 5.16. The molecule has 154 valence electrons. The highest BCUT2D eigenvalue weighted by molar-refractivity contribution is 6.12. The summed E-state index contributed by atoms with van der Waals surface area (Å²) < 4.78 is 6.37. The van der Waals surface area contributed by atoms with Crippen molar-refractivity contribution in [2.45, 2.75) is 40.5 Å². The molecule has 0 spiro atoms. The van der Waals surface area contributed by atoms with Crippen molar-refractivity contribution in [2.75, 3.05) is 0 Å². The Hall–Kier alpha value is -3.13. The average molecular weight is 406 g/mol. The second-order valence-corrected chi connectivity index (χ2v) is 10.4. The van der Waals surface area contributed by atoms with Crippen molar-refractivity contribution < 1.29 is 4.42 Å². The quantitative estimate of drug-likeness (QED) is 0.283. The summed E-state index contributed by atoms with van der Waals surface area (Å²) in [5.41, 5.74) is 7.55. The molecule has 0 atom stereocenters. The van der Waals surface area contributed by atoms with Gasteiger partial charge in [-0.2, -0.15) is 0 Å². The monoisotopic (exact) mass is 405 g/mol. The Morgan fingerprint density at radius 3 is 2.10 bits per heavy atom. The predicted octanol–water partition coefficient (Wildman–Crippen LogP) is 7.95. The van der Waals surface area contributed by atoms with Crippen LogP contribution in [-0.4, -0.2) is 4.98 Å². The lowest BCUT2D eigenvalue weighted by atomic mass is 9.58. The molecule has 3 aromatic carbocycles. The van der Waals surface area contributed by atoms with Crippen LogP contribution in [0.1, 0.15) is 38.8 Å². The van der Waals surface area contributed by atoms with E-state index in [-0.39, 0.29) is 10.8 Å². The van der Waals surface area contributed by atoms with E-state index in [1.54, 1.807) is 0 Å². The first kappa shape index (κ1) is 18.6. The van der Waals surface area contributed by atoms with Crippen molar-refractivity contribution in [1.29, 1.82) is 0 Å². The van der Waals surface area contributed by atoms with E-state index in [1.165, 1.54) is 27.3 Å². The summed E-state index contributed by atoms with van der Waals surface area (Å²) in [6, 6.07) is 21.6. The number of rotatable bonds is 1. The SMILES string of the molecule is CC1(C)Cc2cc3oc4cc5ccnc(-c6ccccc6)c5cc4c3cc2CC1(C)C. The van der Waals surface area contributed by atoms with E-state index in [1.807, 2.05) is 12.3 Å². The van der Waals surface area contributed by atoms with E-state index < -0.39 is 0 Å². The summed E-state index contributed by atoms with van der Waals surface area (Å²) in [6.45, 7) is 9.59. The highest BCUT2D eigenvalue weighted by Crippen LogP contribution is 2.49. The van der Waals surface area contributed by atoms with Gasteiger partial charge in [0.2, 0.25) is 0 Å². The van der Waals surface area contributed by atoms with E-state index in [2.05, 4.69) is 82.3 Å². The molecular weight excluding hydrogens is 378 g/mol. The minimum atomic E-state index is 0.268. The van der Waals surface area contributed by atoms with Gasteiger partial charge < -0.3 is 4.42 Å². The second kappa shape index (κ2) is 6.20. The number of nitrogens with zero attached hydrogens (tertiary/aromatic N) is 1. The van der Waals surface area contributed by atoms with E-state index >= 15 is 0 Å². The van der Waals surface area contributed by atoms with Crippen LogP contribution in [0.3, 0.4) is 0 Å². The molecular formula is C29H27NO. The second-order valence-electron chi connectivity index (χ2n) is 10.4. The highest BCUT2D eigenvalue weighted by atomic mass is 16.3. The first-order valence-electron chi connectivity index (χ1n) is 11.1.